The Bertz CT molecular complexity index is 1320. The molecule has 9 nitrogen and oxygen atoms in total. The van der Waals surface area contributed by atoms with Crippen molar-refractivity contribution >= 4 is 40.2 Å². The molecule has 0 radical (unpaired) electrons. The van der Waals surface area contributed by atoms with E-state index in [2.05, 4.69) is 0 Å². The second-order valence-electron chi connectivity index (χ2n) is 8.65. The van der Waals surface area contributed by atoms with Crippen LogP contribution < -0.4 is 14.4 Å². The van der Waals surface area contributed by atoms with Crippen LogP contribution in [0.15, 0.2) is 72.8 Å². The van der Waals surface area contributed by atoms with E-state index in [0.29, 0.717) is 28.3 Å². The molecular weight excluding hydrogens is 506 g/mol. The van der Waals surface area contributed by atoms with Gasteiger partial charge in [-0.15, -0.1) is 0 Å². The van der Waals surface area contributed by atoms with E-state index in [1.165, 1.54) is 7.11 Å². The van der Waals surface area contributed by atoms with E-state index in [-0.39, 0.29) is 42.6 Å². The molecule has 3 aromatic rings. The zero-order valence-electron chi connectivity index (χ0n) is 21.0. The molecule has 1 atom stereocenters. The van der Waals surface area contributed by atoms with E-state index in [4.69, 9.17) is 14.2 Å². The maximum absolute atomic E-state index is 13.6. The number of ether oxygens (including phenoxy) is 3. The summed E-state index contributed by atoms with van der Waals surface area (Å²) in [6.45, 7) is 0.628. The smallest absolute Gasteiger partial charge is 0.291 e. The molecule has 2 aliphatic rings. The number of para-hydroxylation sites is 1. The molecule has 0 bridgehead atoms. The first-order valence-corrected chi connectivity index (χ1v) is 13.0. The molecule has 0 saturated carbocycles. The van der Waals surface area contributed by atoms with Crippen LogP contribution in [0.4, 0.5) is 16.2 Å². The van der Waals surface area contributed by atoms with Crippen LogP contribution >= 0.6 is 11.8 Å². The van der Waals surface area contributed by atoms with Crippen LogP contribution in [0.5, 0.6) is 11.5 Å². The first kappa shape index (κ1) is 25.6. The molecule has 1 unspecified atom stereocenters. The van der Waals surface area contributed by atoms with Crippen molar-refractivity contribution in [2.24, 2.45) is 0 Å². The largest absolute Gasteiger partial charge is 0.493 e. The van der Waals surface area contributed by atoms with Crippen molar-refractivity contribution in [1.82, 2.24) is 9.80 Å². The molecule has 0 aromatic heterocycles. The lowest BCUT2D eigenvalue weighted by Gasteiger charge is -2.38. The number of methoxy groups -OCH3 is 2. The quantitative estimate of drug-likeness (QED) is 0.392. The van der Waals surface area contributed by atoms with E-state index in [9.17, 15) is 14.4 Å². The number of fused-ring (bicyclic) bond motifs is 1. The lowest BCUT2D eigenvalue weighted by Crippen LogP contribution is -2.46. The molecule has 2 heterocycles. The van der Waals surface area contributed by atoms with Crippen LogP contribution in [0.2, 0.25) is 0 Å². The van der Waals surface area contributed by atoms with Crippen LogP contribution in [-0.4, -0.2) is 66.6 Å². The number of rotatable bonds is 9. The van der Waals surface area contributed by atoms with Gasteiger partial charge in [0.15, 0.2) is 17.7 Å². The fourth-order valence-electron chi connectivity index (χ4n) is 4.55. The highest BCUT2D eigenvalue weighted by Gasteiger charge is 2.38. The Labute approximate surface area is 224 Å². The van der Waals surface area contributed by atoms with Crippen molar-refractivity contribution in [2.75, 3.05) is 44.7 Å². The van der Waals surface area contributed by atoms with Gasteiger partial charge in [0, 0.05) is 23.9 Å². The average molecular weight is 534 g/mol. The summed E-state index contributed by atoms with van der Waals surface area (Å²) in [7, 11) is 3.09. The summed E-state index contributed by atoms with van der Waals surface area (Å²) in [5, 5.41) is -0.344. The maximum Gasteiger partial charge on any atom is 0.291 e. The SMILES string of the molecule is COc1cc2c(cc1OC)N(c1ccccc1)CN(CCOC(c1ccccc1)N1C(=O)CSC1=O)C2=O. The molecular formula is C28H27N3O6S. The fraction of sp³-hybridized carbons (Fsp3) is 0.250. The molecule has 196 valence electrons. The molecule has 3 aromatic carbocycles. The van der Waals surface area contributed by atoms with Crippen LogP contribution in [0.25, 0.3) is 0 Å². The van der Waals surface area contributed by atoms with Gasteiger partial charge in [-0.25, -0.2) is 4.90 Å². The van der Waals surface area contributed by atoms with Gasteiger partial charge in [0.2, 0.25) is 5.91 Å². The third kappa shape index (κ3) is 4.92. The van der Waals surface area contributed by atoms with E-state index in [0.717, 1.165) is 22.3 Å². The average Bonchev–Trinajstić information content (AvgIpc) is 3.29. The summed E-state index contributed by atoms with van der Waals surface area (Å²) in [6.07, 6.45) is -0.868. The zero-order chi connectivity index (χ0) is 26.6. The second-order valence-corrected chi connectivity index (χ2v) is 9.58. The van der Waals surface area contributed by atoms with Gasteiger partial charge in [0.1, 0.15) is 0 Å². The number of carbonyl (C=O) groups excluding carboxylic acids is 3. The van der Waals surface area contributed by atoms with Gasteiger partial charge in [-0.2, -0.15) is 0 Å². The number of benzene rings is 3. The Hall–Kier alpha value is -4.02. The summed E-state index contributed by atoms with van der Waals surface area (Å²) in [4.78, 5) is 43.4. The Morgan fingerprint density at radius 3 is 2.18 bits per heavy atom. The van der Waals surface area contributed by atoms with Crippen molar-refractivity contribution in [3.05, 3.63) is 83.9 Å². The fourth-order valence-corrected chi connectivity index (χ4v) is 5.27. The summed E-state index contributed by atoms with van der Waals surface area (Å²) >= 11 is 0.959. The predicted octanol–water partition coefficient (Wildman–Crippen LogP) is 4.67. The lowest BCUT2D eigenvalue weighted by molar-refractivity contribution is -0.136. The number of hydrogen-bond acceptors (Lipinski definition) is 8. The normalized spacial score (nSPS) is 16.1. The minimum absolute atomic E-state index is 0.0876. The minimum atomic E-state index is -0.868. The van der Waals surface area contributed by atoms with Gasteiger partial charge in [0.05, 0.1) is 44.5 Å². The Balaban J connectivity index is 1.41. The minimum Gasteiger partial charge on any atom is -0.493 e. The van der Waals surface area contributed by atoms with Crippen molar-refractivity contribution in [3.8, 4) is 11.5 Å². The van der Waals surface area contributed by atoms with E-state index >= 15 is 0 Å². The van der Waals surface area contributed by atoms with Crippen LogP contribution in [0.3, 0.4) is 0 Å². The number of anilines is 2. The number of imide groups is 1. The highest BCUT2D eigenvalue weighted by molar-refractivity contribution is 8.14. The van der Waals surface area contributed by atoms with Crippen LogP contribution in [0.1, 0.15) is 22.1 Å². The van der Waals surface area contributed by atoms with E-state index in [1.54, 1.807) is 24.1 Å². The number of thioether (sulfide) groups is 1. The van der Waals surface area contributed by atoms with Gasteiger partial charge < -0.3 is 24.0 Å². The summed E-state index contributed by atoms with van der Waals surface area (Å²) < 4.78 is 17.1. The van der Waals surface area contributed by atoms with Gasteiger partial charge >= 0.3 is 0 Å². The van der Waals surface area contributed by atoms with E-state index < -0.39 is 6.23 Å². The highest BCUT2D eigenvalue weighted by Crippen LogP contribution is 2.41. The highest BCUT2D eigenvalue weighted by atomic mass is 32.2. The lowest BCUT2D eigenvalue weighted by atomic mass is 10.1. The molecule has 1 fully saturated rings. The van der Waals surface area contributed by atoms with Gasteiger partial charge in [0.25, 0.3) is 11.1 Å². The monoisotopic (exact) mass is 533 g/mol. The Morgan fingerprint density at radius 2 is 1.55 bits per heavy atom. The molecule has 0 spiro atoms. The van der Waals surface area contributed by atoms with Crippen molar-refractivity contribution < 1.29 is 28.6 Å². The first-order chi connectivity index (χ1) is 18.5. The summed E-state index contributed by atoms with van der Waals surface area (Å²) in [5.41, 5.74) is 2.78. The third-order valence-corrected chi connectivity index (χ3v) is 7.27. The Morgan fingerprint density at radius 1 is 0.895 bits per heavy atom. The summed E-state index contributed by atoms with van der Waals surface area (Å²) in [6, 6.07) is 22.4. The molecule has 5 rings (SSSR count). The van der Waals surface area contributed by atoms with Crippen LogP contribution in [-0.2, 0) is 9.53 Å². The molecule has 3 amide bonds. The molecule has 10 heteroatoms. The molecule has 1 saturated heterocycles. The van der Waals surface area contributed by atoms with Gasteiger partial charge in [-0.1, -0.05) is 60.3 Å². The number of amides is 3. The standard InChI is InChI=1S/C28H27N3O6S/c1-35-23-15-21-22(16-24(23)36-2)30(20-11-7-4-8-12-20)18-29(26(21)33)13-14-37-27(19-9-5-3-6-10-19)31-25(32)17-38-28(31)34/h3-12,15-16,27H,13-14,17-18H2,1-2H3. The number of nitrogens with zero attached hydrogens (tertiary/aromatic N) is 3. The molecule has 0 aliphatic carbocycles. The number of hydrogen-bond donors (Lipinski definition) is 0. The number of carbonyl (C=O) groups is 3. The molecule has 0 N–H and O–H groups in total. The van der Waals surface area contributed by atoms with Crippen molar-refractivity contribution in [2.45, 2.75) is 6.23 Å². The predicted molar refractivity (Wildman–Crippen MR) is 144 cm³/mol. The Kier molecular flexibility index (Phi) is 7.52. The molecule has 38 heavy (non-hydrogen) atoms. The van der Waals surface area contributed by atoms with Crippen LogP contribution in [0, 0.1) is 0 Å². The third-order valence-electron chi connectivity index (χ3n) is 6.43. The summed E-state index contributed by atoms with van der Waals surface area (Å²) in [5.74, 6) is 0.591. The first-order valence-electron chi connectivity index (χ1n) is 12.0. The topological polar surface area (TPSA) is 88.6 Å². The van der Waals surface area contributed by atoms with Crippen molar-refractivity contribution in [1.29, 1.82) is 0 Å². The van der Waals surface area contributed by atoms with Crippen molar-refractivity contribution in [3.63, 3.8) is 0 Å². The van der Waals surface area contributed by atoms with Gasteiger partial charge in [-0.3, -0.25) is 14.4 Å². The van der Waals surface area contributed by atoms with E-state index in [1.807, 2.05) is 65.6 Å². The molecule has 2 aliphatic heterocycles. The zero-order valence-corrected chi connectivity index (χ0v) is 21.8. The second kappa shape index (κ2) is 11.2. The maximum atomic E-state index is 13.6. The van der Waals surface area contributed by atoms with Gasteiger partial charge in [-0.05, 0) is 18.2 Å².